The van der Waals surface area contributed by atoms with Crippen LogP contribution in [0.3, 0.4) is 0 Å². The highest BCUT2D eigenvalue weighted by Crippen LogP contribution is 2.31. The Balaban J connectivity index is 1.48. The highest BCUT2D eigenvalue weighted by Gasteiger charge is 2.23. The van der Waals surface area contributed by atoms with E-state index in [1.165, 1.54) is 11.3 Å². The molecule has 0 fully saturated rings. The number of hydrogen-bond donors (Lipinski definition) is 1. The third kappa shape index (κ3) is 4.15. The summed E-state index contributed by atoms with van der Waals surface area (Å²) in [6.45, 7) is 4.03. The van der Waals surface area contributed by atoms with E-state index in [2.05, 4.69) is 15.5 Å². The molecule has 1 amide bonds. The minimum absolute atomic E-state index is 0.0703. The quantitative estimate of drug-likeness (QED) is 0.369. The van der Waals surface area contributed by atoms with Crippen molar-refractivity contribution in [2.45, 2.75) is 26.2 Å². The molecule has 3 aromatic carbocycles. The van der Waals surface area contributed by atoms with Crippen molar-refractivity contribution in [3.8, 4) is 10.6 Å². The summed E-state index contributed by atoms with van der Waals surface area (Å²) in [5.41, 5.74) is 4.61. The summed E-state index contributed by atoms with van der Waals surface area (Å²) in [6, 6.07) is 25.7. The van der Waals surface area contributed by atoms with Crippen molar-refractivity contribution in [3.05, 3.63) is 101 Å². The van der Waals surface area contributed by atoms with E-state index in [4.69, 9.17) is 5.10 Å². The molecule has 0 unspecified atom stereocenters. The number of rotatable bonds is 6. The van der Waals surface area contributed by atoms with Gasteiger partial charge in [-0.3, -0.25) is 4.79 Å². The van der Waals surface area contributed by atoms with E-state index in [0.29, 0.717) is 0 Å². The third-order valence-electron chi connectivity index (χ3n) is 5.64. The van der Waals surface area contributed by atoms with Crippen LogP contribution in [0.1, 0.15) is 35.4 Å². The van der Waals surface area contributed by atoms with Gasteiger partial charge in [0, 0.05) is 17.7 Å². The molecule has 0 saturated carbocycles. The smallest absolute Gasteiger partial charge is 0.236 e. The van der Waals surface area contributed by atoms with E-state index in [1.807, 2.05) is 92.7 Å². The lowest BCUT2D eigenvalue weighted by molar-refractivity contribution is -0.116. The van der Waals surface area contributed by atoms with Gasteiger partial charge in [-0.1, -0.05) is 91.1 Å². The summed E-state index contributed by atoms with van der Waals surface area (Å²) in [5, 5.41) is 17.1. The average Bonchev–Trinajstić information content (AvgIpc) is 3.43. The Bertz CT molecular complexity index is 1370. The predicted molar refractivity (Wildman–Crippen MR) is 132 cm³/mol. The highest BCUT2D eigenvalue weighted by molar-refractivity contribution is 7.19. The Morgan fingerprint density at radius 3 is 2.27 bits per heavy atom. The normalized spacial score (nSPS) is 11.2. The van der Waals surface area contributed by atoms with Crippen molar-refractivity contribution in [1.82, 2.24) is 19.8 Å². The number of carbonyl (C=O) groups excluding carboxylic acids is 1. The third-order valence-corrected chi connectivity index (χ3v) is 6.59. The molecule has 0 atom stereocenters. The number of hydrogen-bond acceptors (Lipinski definition) is 5. The maximum Gasteiger partial charge on any atom is 0.236 e. The fraction of sp³-hybridized carbons (Fsp3) is 0.154. The second-order valence-corrected chi connectivity index (χ2v) is 8.80. The molecule has 33 heavy (non-hydrogen) atoms. The minimum atomic E-state index is -0.406. The van der Waals surface area contributed by atoms with Crippen LogP contribution < -0.4 is 5.32 Å². The maximum absolute atomic E-state index is 13.6. The number of aryl methyl sites for hydroxylation is 2. The second-order valence-electron chi connectivity index (χ2n) is 7.84. The van der Waals surface area contributed by atoms with E-state index in [9.17, 15) is 4.79 Å². The number of aromatic nitrogens is 4. The molecule has 1 N–H and O–H groups in total. The van der Waals surface area contributed by atoms with Crippen LogP contribution in [0.4, 0.5) is 5.69 Å². The van der Waals surface area contributed by atoms with Crippen LogP contribution in [0.2, 0.25) is 0 Å². The molecule has 5 aromatic rings. The van der Waals surface area contributed by atoms with Gasteiger partial charge in [0.05, 0.1) is 5.92 Å². The van der Waals surface area contributed by atoms with Gasteiger partial charge >= 0.3 is 0 Å². The molecular weight excluding hydrogens is 430 g/mol. The van der Waals surface area contributed by atoms with Gasteiger partial charge in [-0.05, 0) is 29.7 Å². The Morgan fingerprint density at radius 1 is 0.970 bits per heavy atom. The number of nitrogens with zero attached hydrogens (tertiary/aromatic N) is 4. The number of carbonyl (C=O) groups is 1. The first-order valence-electron chi connectivity index (χ1n) is 10.9. The first-order valence-corrected chi connectivity index (χ1v) is 11.7. The van der Waals surface area contributed by atoms with Crippen molar-refractivity contribution < 1.29 is 4.79 Å². The molecule has 7 heteroatoms. The number of nitrogens with one attached hydrogen (secondary N) is 1. The van der Waals surface area contributed by atoms with Crippen LogP contribution >= 0.6 is 11.3 Å². The largest absolute Gasteiger partial charge is 0.325 e. The van der Waals surface area contributed by atoms with E-state index >= 15 is 0 Å². The van der Waals surface area contributed by atoms with Crippen molar-refractivity contribution in [3.63, 3.8) is 0 Å². The molecule has 0 aliphatic rings. The Labute approximate surface area is 195 Å². The van der Waals surface area contributed by atoms with Crippen LogP contribution in [-0.4, -0.2) is 25.7 Å². The molecule has 0 radical (unpaired) electrons. The fourth-order valence-corrected chi connectivity index (χ4v) is 4.73. The molecule has 2 heterocycles. The first-order chi connectivity index (χ1) is 16.1. The lowest BCUT2D eigenvalue weighted by Gasteiger charge is -2.19. The zero-order valence-corrected chi connectivity index (χ0v) is 19.2. The van der Waals surface area contributed by atoms with Crippen LogP contribution in [0, 0.1) is 6.92 Å². The Morgan fingerprint density at radius 2 is 1.64 bits per heavy atom. The van der Waals surface area contributed by atoms with Gasteiger partial charge in [0.1, 0.15) is 5.01 Å². The molecule has 5 rings (SSSR count). The van der Waals surface area contributed by atoms with Gasteiger partial charge in [0.15, 0.2) is 5.82 Å². The minimum Gasteiger partial charge on any atom is -0.325 e. The van der Waals surface area contributed by atoms with Crippen LogP contribution in [-0.2, 0) is 11.2 Å². The molecule has 164 valence electrons. The van der Waals surface area contributed by atoms with Crippen LogP contribution in [0.5, 0.6) is 0 Å². The number of benzene rings is 3. The number of fused-ring (bicyclic) bond motifs is 1. The molecule has 0 saturated heterocycles. The predicted octanol–water partition coefficient (Wildman–Crippen LogP) is 5.49. The molecule has 0 spiro atoms. The van der Waals surface area contributed by atoms with Crippen LogP contribution in [0.25, 0.3) is 15.5 Å². The van der Waals surface area contributed by atoms with Gasteiger partial charge in [0.2, 0.25) is 10.9 Å². The van der Waals surface area contributed by atoms with E-state index in [-0.39, 0.29) is 5.91 Å². The fourth-order valence-electron chi connectivity index (χ4n) is 3.88. The average molecular weight is 454 g/mol. The van der Waals surface area contributed by atoms with Gasteiger partial charge in [-0.2, -0.15) is 9.61 Å². The molecule has 0 aliphatic carbocycles. The second kappa shape index (κ2) is 8.96. The zero-order valence-electron chi connectivity index (χ0n) is 18.4. The van der Waals surface area contributed by atoms with E-state index < -0.39 is 5.92 Å². The van der Waals surface area contributed by atoms with Crippen molar-refractivity contribution in [1.29, 1.82) is 0 Å². The maximum atomic E-state index is 13.6. The molecular formula is C26H23N5OS. The van der Waals surface area contributed by atoms with E-state index in [1.54, 1.807) is 4.52 Å². The van der Waals surface area contributed by atoms with Gasteiger partial charge in [-0.15, -0.1) is 10.2 Å². The summed E-state index contributed by atoms with van der Waals surface area (Å²) >= 11 is 1.49. The molecule has 2 aromatic heterocycles. The van der Waals surface area contributed by atoms with Gasteiger partial charge < -0.3 is 5.32 Å². The summed E-state index contributed by atoms with van der Waals surface area (Å²) in [5.74, 6) is 0.359. The molecule has 6 nitrogen and oxygen atoms in total. The summed E-state index contributed by atoms with van der Waals surface area (Å²) in [6.07, 6.45) is 0.764. The first kappa shape index (κ1) is 21.0. The standard InChI is InChI=1S/C26H23N5OS/c1-3-22-28-29-26-31(22)30-25(33-26)20-15-14-17(2)21(16-20)27-24(32)23(18-10-6-4-7-11-18)19-12-8-5-9-13-19/h4-16,23H,3H2,1-2H3,(H,27,32). The van der Waals surface area contributed by atoms with Crippen molar-refractivity contribution in [2.24, 2.45) is 0 Å². The summed E-state index contributed by atoms with van der Waals surface area (Å²) in [4.78, 5) is 14.3. The molecule has 0 aliphatic heterocycles. The van der Waals surface area contributed by atoms with Crippen LogP contribution in [0.15, 0.2) is 78.9 Å². The monoisotopic (exact) mass is 453 g/mol. The number of anilines is 1. The Kier molecular flexibility index (Phi) is 5.71. The summed E-state index contributed by atoms with van der Waals surface area (Å²) in [7, 11) is 0. The lowest BCUT2D eigenvalue weighted by atomic mass is 9.90. The topological polar surface area (TPSA) is 72.2 Å². The summed E-state index contributed by atoms with van der Waals surface area (Å²) < 4.78 is 1.79. The highest BCUT2D eigenvalue weighted by atomic mass is 32.1. The zero-order chi connectivity index (χ0) is 22.8. The molecule has 0 bridgehead atoms. The van der Waals surface area contributed by atoms with Crippen molar-refractivity contribution in [2.75, 3.05) is 5.32 Å². The Hall–Kier alpha value is -3.84. The van der Waals surface area contributed by atoms with Gasteiger partial charge in [-0.25, -0.2) is 0 Å². The van der Waals surface area contributed by atoms with Gasteiger partial charge in [0.25, 0.3) is 0 Å². The lowest BCUT2D eigenvalue weighted by Crippen LogP contribution is -2.22. The van der Waals surface area contributed by atoms with E-state index in [0.717, 1.165) is 50.2 Å². The SMILES string of the molecule is CCc1nnc2sc(-c3ccc(C)c(NC(=O)C(c4ccccc4)c4ccccc4)c3)nn12. The van der Waals surface area contributed by atoms with Crippen molar-refractivity contribution >= 4 is 27.9 Å². The number of amides is 1.